The van der Waals surface area contributed by atoms with Gasteiger partial charge in [0.1, 0.15) is 0 Å². The smallest absolute Gasteiger partial charge is 0.261 e. The maximum absolute atomic E-state index is 11.8. The van der Waals surface area contributed by atoms with E-state index in [0.29, 0.717) is 27.6 Å². The van der Waals surface area contributed by atoms with Crippen molar-refractivity contribution in [1.82, 2.24) is 4.57 Å². The van der Waals surface area contributed by atoms with Gasteiger partial charge < -0.3 is 4.57 Å². The van der Waals surface area contributed by atoms with Crippen molar-refractivity contribution in [3.63, 3.8) is 0 Å². The first-order chi connectivity index (χ1) is 8.54. The van der Waals surface area contributed by atoms with E-state index in [4.69, 9.17) is 23.2 Å². The lowest BCUT2D eigenvalue weighted by atomic mass is 10.1. The molecule has 0 aliphatic carbocycles. The Bertz CT molecular complexity index is 677. The zero-order chi connectivity index (χ0) is 13.3. The van der Waals surface area contributed by atoms with Gasteiger partial charge in [-0.15, -0.1) is 0 Å². The second-order valence-corrected chi connectivity index (χ2v) is 4.62. The lowest BCUT2D eigenvalue weighted by Crippen LogP contribution is -2.21. The molecule has 1 aromatic carbocycles. The summed E-state index contributed by atoms with van der Waals surface area (Å²) < 4.78 is 1.38. The predicted octanol–water partition coefficient (Wildman–Crippen LogP) is 3.17. The molecule has 0 N–H and O–H groups in total. The quantitative estimate of drug-likeness (QED) is 0.793. The van der Waals surface area contributed by atoms with Crippen molar-refractivity contribution in [3.05, 3.63) is 56.3 Å². The van der Waals surface area contributed by atoms with Crippen LogP contribution >= 0.6 is 23.2 Å². The van der Waals surface area contributed by atoms with Gasteiger partial charge in [0.15, 0.2) is 6.29 Å². The third-order valence-electron chi connectivity index (χ3n) is 2.67. The highest BCUT2D eigenvalue weighted by Crippen LogP contribution is 2.29. The Labute approximate surface area is 114 Å². The molecule has 0 aliphatic heterocycles. The zero-order valence-corrected chi connectivity index (χ0v) is 11.0. The molecule has 0 saturated carbocycles. The Morgan fingerprint density at radius 2 is 1.89 bits per heavy atom. The molecule has 18 heavy (non-hydrogen) atoms. The van der Waals surface area contributed by atoms with Crippen LogP contribution in [-0.2, 0) is 7.05 Å². The molecule has 2 rings (SSSR count). The number of benzene rings is 1. The van der Waals surface area contributed by atoms with Crippen molar-refractivity contribution < 1.29 is 4.79 Å². The molecule has 0 bridgehead atoms. The van der Waals surface area contributed by atoms with Crippen LogP contribution in [0.15, 0.2) is 35.1 Å². The SMILES string of the molecule is Cn1c(-c2cc(Cl)ccc2Cl)ccc(C=O)c1=O. The number of nitrogens with zero attached hydrogens (tertiary/aromatic N) is 1. The lowest BCUT2D eigenvalue weighted by molar-refractivity contribution is 0.112. The van der Waals surface area contributed by atoms with E-state index in [1.807, 2.05) is 0 Å². The van der Waals surface area contributed by atoms with Crippen LogP contribution in [0.5, 0.6) is 0 Å². The Morgan fingerprint density at radius 1 is 1.17 bits per heavy atom. The van der Waals surface area contributed by atoms with Crippen LogP contribution in [0.2, 0.25) is 10.0 Å². The molecule has 0 amide bonds. The topological polar surface area (TPSA) is 39.1 Å². The van der Waals surface area contributed by atoms with Gasteiger partial charge in [-0.25, -0.2) is 0 Å². The summed E-state index contributed by atoms with van der Waals surface area (Å²) in [5.41, 5.74) is 1.01. The molecule has 0 atom stereocenters. The number of hydrogen-bond acceptors (Lipinski definition) is 2. The average molecular weight is 282 g/mol. The minimum absolute atomic E-state index is 0.111. The van der Waals surface area contributed by atoms with Crippen molar-refractivity contribution in [2.45, 2.75) is 0 Å². The first-order valence-corrected chi connectivity index (χ1v) is 5.91. The molecule has 0 unspecified atom stereocenters. The van der Waals surface area contributed by atoms with Gasteiger partial charge in [0.25, 0.3) is 5.56 Å². The first-order valence-electron chi connectivity index (χ1n) is 5.15. The first kappa shape index (κ1) is 12.9. The zero-order valence-electron chi connectivity index (χ0n) is 9.48. The van der Waals surface area contributed by atoms with Gasteiger partial charge in [-0.3, -0.25) is 9.59 Å². The summed E-state index contributed by atoms with van der Waals surface area (Å²) in [5.74, 6) is 0. The minimum atomic E-state index is -0.362. The van der Waals surface area contributed by atoms with Gasteiger partial charge in [-0.05, 0) is 30.3 Å². The van der Waals surface area contributed by atoms with Crippen molar-refractivity contribution in [1.29, 1.82) is 0 Å². The van der Waals surface area contributed by atoms with Gasteiger partial charge in [-0.2, -0.15) is 0 Å². The molecular weight excluding hydrogens is 273 g/mol. The highest BCUT2D eigenvalue weighted by molar-refractivity contribution is 6.35. The second kappa shape index (κ2) is 4.96. The summed E-state index contributed by atoms with van der Waals surface area (Å²) in [4.78, 5) is 22.5. The average Bonchev–Trinajstić information content (AvgIpc) is 2.36. The largest absolute Gasteiger partial charge is 0.311 e. The number of hydrogen-bond donors (Lipinski definition) is 0. The monoisotopic (exact) mass is 281 g/mol. The summed E-state index contributed by atoms with van der Waals surface area (Å²) in [7, 11) is 1.59. The van der Waals surface area contributed by atoms with Crippen molar-refractivity contribution in [3.8, 4) is 11.3 Å². The molecule has 0 saturated heterocycles. The van der Waals surface area contributed by atoms with E-state index < -0.39 is 0 Å². The van der Waals surface area contributed by atoms with Crippen LogP contribution in [0, 0.1) is 0 Å². The summed E-state index contributed by atoms with van der Waals surface area (Å²) in [6.07, 6.45) is 0.533. The molecule has 92 valence electrons. The standard InChI is InChI=1S/C13H9Cl2NO2/c1-16-12(5-2-8(7-17)13(16)18)10-6-9(14)3-4-11(10)15/h2-7H,1H3. The molecule has 1 heterocycles. The number of aldehydes is 1. The highest BCUT2D eigenvalue weighted by Gasteiger charge is 2.10. The Balaban J connectivity index is 2.72. The predicted molar refractivity (Wildman–Crippen MR) is 72.5 cm³/mol. The Kier molecular flexibility index (Phi) is 3.55. The van der Waals surface area contributed by atoms with E-state index in [0.717, 1.165) is 0 Å². The third kappa shape index (κ3) is 2.19. The summed E-state index contributed by atoms with van der Waals surface area (Å²) in [5, 5.41) is 1.02. The van der Waals surface area contributed by atoms with Crippen LogP contribution in [0.4, 0.5) is 0 Å². The van der Waals surface area contributed by atoms with Gasteiger partial charge >= 0.3 is 0 Å². The van der Waals surface area contributed by atoms with Gasteiger partial charge in [0, 0.05) is 22.7 Å². The number of halogens is 2. The number of rotatable bonds is 2. The van der Waals surface area contributed by atoms with Crippen LogP contribution in [0.25, 0.3) is 11.3 Å². The third-order valence-corrected chi connectivity index (χ3v) is 3.23. The minimum Gasteiger partial charge on any atom is -0.311 e. The second-order valence-electron chi connectivity index (χ2n) is 3.78. The van der Waals surface area contributed by atoms with E-state index in [1.165, 1.54) is 10.6 Å². The van der Waals surface area contributed by atoms with Gasteiger partial charge in [0.05, 0.1) is 11.3 Å². The highest BCUT2D eigenvalue weighted by atomic mass is 35.5. The number of carbonyl (C=O) groups is 1. The molecule has 5 heteroatoms. The molecule has 1 aromatic heterocycles. The van der Waals surface area contributed by atoms with Crippen molar-refractivity contribution >= 4 is 29.5 Å². The van der Waals surface area contributed by atoms with Gasteiger partial charge in [0.2, 0.25) is 0 Å². The maximum Gasteiger partial charge on any atom is 0.261 e. The normalized spacial score (nSPS) is 10.4. The summed E-state index contributed by atoms with van der Waals surface area (Å²) in [6.45, 7) is 0. The molecule has 2 aromatic rings. The van der Waals surface area contributed by atoms with Crippen molar-refractivity contribution in [2.24, 2.45) is 7.05 Å². The van der Waals surface area contributed by atoms with Crippen LogP contribution < -0.4 is 5.56 Å². The van der Waals surface area contributed by atoms with E-state index in [1.54, 1.807) is 31.3 Å². The van der Waals surface area contributed by atoms with Crippen molar-refractivity contribution in [2.75, 3.05) is 0 Å². The Morgan fingerprint density at radius 3 is 2.56 bits per heavy atom. The van der Waals surface area contributed by atoms with E-state index in [9.17, 15) is 9.59 Å². The number of carbonyl (C=O) groups excluding carboxylic acids is 1. The fourth-order valence-electron chi connectivity index (χ4n) is 1.71. The van der Waals surface area contributed by atoms with Gasteiger partial charge in [-0.1, -0.05) is 23.2 Å². The van der Waals surface area contributed by atoms with E-state index >= 15 is 0 Å². The number of pyridine rings is 1. The fourth-order valence-corrected chi connectivity index (χ4v) is 2.10. The number of aromatic nitrogens is 1. The van der Waals surface area contributed by atoms with E-state index in [2.05, 4.69) is 0 Å². The molecular formula is C13H9Cl2NO2. The maximum atomic E-state index is 11.8. The lowest BCUT2D eigenvalue weighted by Gasteiger charge is -2.10. The summed E-state index contributed by atoms with van der Waals surface area (Å²) >= 11 is 12.0. The van der Waals surface area contributed by atoms with E-state index in [-0.39, 0.29) is 11.1 Å². The Hall–Kier alpha value is -1.58. The molecule has 0 spiro atoms. The summed E-state index contributed by atoms with van der Waals surface area (Å²) in [6, 6.07) is 8.16. The fraction of sp³-hybridized carbons (Fsp3) is 0.0769. The molecule has 3 nitrogen and oxygen atoms in total. The van der Waals surface area contributed by atoms with Crippen LogP contribution in [-0.4, -0.2) is 10.9 Å². The molecule has 0 radical (unpaired) electrons. The molecule has 0 aliphatic rings. The molecule has 0 fully saturated rings. The van der Waals surface area contributed by atoms with Crippen LogP contribution in [0.3, 0.4) is 0 Å². The van der Waals surface area contributed by atoms with Crippen LogP contribution in [0.1, 0.15) is 10.4 Å².